The number of nitrogens with zero attached hydrogens (tertiary/aromatic N) is 1. The van der Waals surface area contributed by atoms with Crippen molar-refractivity contribution in [1.82, 2.24) is 10.3 Å². The molecule has 1 fully saturated rings. The quantitative estimate of drug-likeness (QED) is 0.848. The first kappa shape index (κ1) is 17.4. The van der Waals surface area contributed by atoms with Gasteiger partial charge in [0, 0.05) is 24.0 Å². The van der Waals surface area contributed by atoms with Crippen molar-refractivity contribution in [2.24, 2.45) is 0 Å². The molecule has 5 heteroatoms. The monoisotopic (exact) mass is 340 g/mol. The second-order valence-corrected chi connectivity index (χ2v) is 6.55. The molecular formula is C20H24N2O3. The average molecular weight is 340 g/mol. The minimum absolute atomic E-state index is 0.0193. The molecule has 1 aromatic carbocycles. The molecule has 0 radical (unpaired) electrons. The zero-order valence-electron chi connectivity index (χ0n) is 14.2. The van der Waals surface area contributed by atoms with E-state index in [0.717, 1.165) is 42.6 Å². The zero-order chi connectivity index (χ0) is 17.5. The first-order valence-electron chi connectivity index (χ1n) is 8.77. The number of carbonyl (C=O) groups excluding carboxylic acids is 1. The Morgan fingerprint density at radius 2 is 1.96 bits per heavy atom. The Bertz CT molecular complexity index is 682. The second kappa shape index (κ2) is 8.62. The van der Waals surface area contributed by atoms with E-state index in [1.54, 1.807) is 12.4 Å². The first-order chi connectivity index (χ1) is 12.2. The van der Waals surface area contributed by atoms with Gasteiger partial charge in [0.2, 0.25) is 5.91 Å². The summed E-state index contributed by atoms with van der Waals surface area (Å²) in [5, 5.41) is 12.6. The van der Waals surface area contributed by atoms with Crippen LogP contribution in [0.4, 0.5) is 0 Å². The van der Waals surface area contributed by atoms with Gasteiger partial charge in [-0.05, 0) is 49.4 Å². The van der Waals surface area contributed by atoms with Crippen LogP contribution in [0, 0.1) is 0 Å². The Morgan fingerprint density at radius 3 is 2.72 bits per heavy atom. The number of aliphatic hydroxyl groups is 1. The summed E-state index contributed by atoms with van der Waals surface area (Å²) in [6.07, 6.45) is 6.87. The van der Waals surface area contributed by atoms with E-state index in [2.05, 4.69) is 10.3 Å². The van der Waals surface area contributed by atoms with Gasteiger partial charge < -0.3 is 15.2 Å². The van der Waals surface area contributed by atoms with Gasteiger partial charge in [0.15, 0.2) is 0 Å². The van der Waals surface area contributed by atoms with Crippen LogP contribution in [0.2, 0.25) is 0 Å². The van der Waals surface area contributed by atoms with E-state index in [4.69, 9.17) is 4.74 Å². The first-order valence-corrected chi connectivity index (χ1v) is 8.77. The number of aromatic nitrogens is 1. The van der Waals surface area contributed by atoms with Crippen molar-refractivity contribution in [3.63, 3.8) is 0 Å². The van der Waals surface area contributed by atoms with Gasteiger partial charge in [-0.15, -0.1) is 0 Å². The molecule has 0 bridgehead atoms. The Hall–Kier alpha value is -2.40. The van der Waals surface area contributed by atoms with Crippen LogP contribution in [0.15, 0.2) is 48.8 Å². The third-order valence-electron chi connectivity index (χ3n) is 4.45. The van der Waals surface area contributed by atoms with Crippen LogP contribution in [-0.2, 0) is 17.8 Å². The van der Waals surface area contributed by atoms with E-state index in [1.807, 2.05) is 36.4 Å². The summed E-state index contributed by atoms with van der Waals surface area (Å²) in [4.78, 5) is 16.3. The van der Waals surface area contributed by atoms with Crippen molar-refractivity contribution in [2.75, 3.05) is 0 Å². The van der Waals surface area contributed by atoms with Crippen LogP contribution in [0.25, 0.3) is 0 Å². The molecule has 1 aromatic heterocycles. The molecule has 3 rings (SSSR count). The molecule has 0 atom stereocenters. The van der Waals surface area contributed by atoms with E-state index in [1.165, 1.54) is 0 Å². The SMILES string of the molecule is O=C(Cc1cccc(OCc2cccnc2)c1)NC1CCC(O)CC1. The second-order valence-electron chi connectivity index (χ2n) is 6.55. The molecule has 1 saturated carbocycles. The standard InChI is InChI=1S/C20H24N2O3/c23-18-8-6-17(7-9-18)22-20(24)12-15-3-1-5-19(11-15)25-14-16-4-2-10-21-13-16/h1-5,10-11,13,17-18,23H,6-9,12,14H2,(H,22,24). The lowest BCUT2D eigenvalue weighted by Gasteiger charge is -2.26. The number of hydrogen-bond donors (Lipinski definition) is 2. The highest BCUT2D eigenvalue weighted by Crippen LogP contribution is 2.19. The summed E-state index contributed by atoms with van der Waals surface area (Å²) in [7, 11) is 0. The van der Waals surface area contributed by atoms with Gasteiger partial charge in [-0.25, -0.2) is 0 Å². The molecular weight excluding hydrogens is 316 g/mol. The maximum atomic E-state index is 12.2. The number of pyridine rings is 1. The minimum Gasteiger partial charge on any atom is -0.489 e. The zero-order valence-corrected chi connectivity index (χ0v) is 14.2. The predicted octanol–water partition coefficient (Wildman–Crippen LogP) is 2.62. The van der Waals surface area contributed by atoms with E-state index in [-0.39, 0.29) is 18.1 Å². The summed E-state index contributed by atoms with van der Waals surface area (Å²) in [5.74, 6) is 0.765. The topological polar surface area (TPSA) is 71.5 Å². The molecule has 1 aliphatic rings. The number of aliphatic hydroxyl groups excluding tert-OH is 1. The van der Waals surface area contributed by atoms with Gasteiger partial charge >= 0.3 is 0 Å². The van der Waals surface area contributed by atoms with Crippen LogP contribution >= 0.6 is 0 Å². The Morgan fingerprint density at radius 1 is 1.16 bits per heavy atom. The van der Waals surface area contributed by atoms with E-state index >= 15 is 0 Å². The third kappa shape index (κ3) is 5.57. The number of hydrogen-bond acceptors (Lipinski definition) is 4. The number of rotatable bonds is 6. The average Bonchev–Trinajstić information content (AvgIpc) is 2.63. The van der Waals surface area contributed by atoms with E-state index in [0.29, 0.717) is 13.0 Å². The van der Waals surface area contributed by atoms with E-state index in [9.17, 15) is 9.90 Å². The number of amides is 1. The van der Waals surface area contributed by atoms with Crippen molar-refractivity contribution in [3.8, 4) is 5.75 Å². The Kier molecular flexibility index (Phi) is 6.01. The van der Waals surface area contributed by atoms with Gasteiger partial charge in [-0.2, -0.15) is 0 Å². The van der Waals surface area contributed by atoms with Crippen molar-refractivity contribution in [3.05, 3.63) is 59.9 Å². The molecule has 1 heterocycles. The van der Waals surface area contributed by atoms with Crippen LogP contribution in [0.5, 0.6) is 5.75 Å². The predicted molar refractivity (Wildman–Crippen MR) is 95.1 cm³/mol. The fourth-order valence-electron chi connectivity index (χ4n) is 3.08. The molecule has 25 heavy (non-hydrogen) atoms. The number of benzene rings is 1. The summed E-state index contributed by atoms with van der Waals surface area (Å²) >= 11 is 0. The van der Waals surface area contributed by atoms with Gasteiger partial charge in [0.1, 0.15) is 12.4 Å². The smallest absolute Gasteiger partial charge is 0.224 e. The molecule has 1 amide bonds. The lowest BCUT2D eigenvalue weighted by molar-refractivity contribution is -0.121. The third-order valence-corrected chi connectivity index (χ3v) is 4.45. The van der Waals surface area contributed by atoms with Crippen LogP contribution in [-0.4, -0.2) is 28.1 Å². The molecule has 2 aromatic rings. The maximum absolute atomic E-state index is 12.2. The van der Waals surface area contributed by atoms with Crippen molar-refractivity contribution >= 4 is 5.91 Å². The number of ether oxygens (including phenoxy) is 1. The highest BCUT2D eigenvalue weighted by molar-refractivity contribution is 5.79. The van der Waals surface area contributed by atoms with Crippen molar-refractivity contribution < 1.29 is 14.6 Å². The summed E-state index contributed by atoms with van der Waals surface area (Å²) in [6.45, 7) is 0.452. The summed E-state index contributed by atoms with van der Waals surface area (Å²) in [5.41, 5.74) is 1.93. The van der Waals surface area contributed by atoms with Crippen molar-refractivity contribution in [1.29, 1.82) is 0 Å². The van der Waals surface area contributed by atoms with Gasteiger partial charge in [-0.1, -0.05) is 18.2 Å². The molecule has 0 saturated heterocycles. The Balaban J connectivity index is 1.50. The fraction of sp³-hybridized carbons (Fsp3) is 0.400. The van der Waals surface area contributed by atoms with Crippen LogP contribution < -0.4 is 10.1 Å². The molecule has 1 aliphatic carbocycles. The molecule has 132 valence electrons. The minimum atomic E-state index is -0.207. The largest absolute Gasteiger partial charge is 0.489 e. The lowest BCUT2D eigenvalue weighted by atomic mass is 9.93. The van der Waals surface area contributed by atoms with Gasteiger partial charge in [0.05, 0.1) is 12.5 Å². The van der Waals surface area contributed by atoms with E-state index < -0.39 is 0 Å². The maximum Gasteiger partial charge on any atom is 0.224 e. The summed E-state index contributed by atoms with van der Waals surface area (Å²) in [6, 6.07) is 11.6. The highest BCUT2D eigenvalue weighted by atomic mass is 16.5. The normalized spacial score (nSPS) is 20.0. The lowest BCUT2D eigenvalue weighted by Crippen LogP contribution is -2.39. The molecule has 0 aliphatic heterocycles. The highest BCUT2D eigenvalue weighted by Gasteiger charge is 2.20. The number of carbonyl (C=O) groups is 1. The molecule has 0 spiro atoms. The van der Waals surface area contributed by atoms with Crippen LogP contribution in [0.1, 0.15) is 36.8 Å². The number of nitrogens with one attached hydrogen (secondary N) is 1. The fourth-order valence-corrected chi connectivity index (χ4v) is 3.08. The van der Waals surface area contributed by atoms with Crippen molar-refractivity contribution in [2.45, 2.75) is 50.9 Å². The molecule has 2 N–H and O–H groups in total. The Labute approximate surface area is 148 Å². The molecule has 5 nitrogen and oxygen atoms in total. The van der Waals surface area contributed by atoms with Gasteiger partial charge in [0.25, 0.3) is 0 Å². The summed E-state index contributed by atoms with van der Waals surface area (Å²) < 4.78 is 5.78. The molecule has 0 unspecified atom stereocenters. The van der Waals surface area contributed by atoms with Crippen LogP contribution in [0.3, 0.4) is 0 Å². The van der Waals surface area contributed by atoms with Gasteiger partial charge in [-0.3, -0.25) is 9.78 Å².